The average molecular weight is 307 g/mol. The molecule has 2 rings (SSSR count). The minimum Gasteiger partial charge on any atom is -0.497 e. The van der Waals surface area contributed by atoms with E-state index in [2.05, 4.69) is 5.32 Å². The van der Waals surface area contributed by atoms with E-state index in [4.69, 9.17) is 16.3 Å². The Morgan fingerprint density at radius 2 is 1.90 bits per heavy atom. The molecule has 0 unspecified atom stereocenters. The predicted octanol–water partition coefficient (Wildman–Crippen LogP) is 3.73. The lowest BCUT2D eigenvalue weighted by Gasteiger charge is -2.10. The first-order chi connectivity index (χ1) is 10.0. The van der Waals surface area contributed by atoms with E-state index >= 15 is 0 Å². The highest BCUT2D eigenvalue weighted by atomic mass is 35.5. The minimum absolute atomic E-state index is 0.0432. The maximum Gasteiger partial charge on any atom is 0.270 e. The van der Waals surface area contributed by atoms with Gasteiger partial charge in [-0.15, -0.1) is 0 Å². The van der Waals surface area contributed by atoms with Crippen molar-refractivity contribution in [2.75, 3.05) is 12.4 Å². The SMILES string of the molecule is COc1ccc(Nc2ccc([N+](=O)[O-])cc2C(=O)Cl)cc1. The first kappa shape index (κ1) is 14.8. The average Bonchev–Trinajstić information content (AvgIpc) is 2.48. The summed E-state index contributed by atoms with van der Waals surface area (Å²) in [6.07, 6.45) is 0. The van der Waals surface area contributed by atoms with Crippen LogP contribution in [0.15, 0.2) is 42.5 Å². The van der Waals surface area contributed by atoms with Gasteiger partial charge in [0.25, 0.3) is 10.9 Å². The van der Waals surface area contributed by atoms with Gasteiger partial charge in [-0.3, -0.25) is 14.9 Å². The molecule has 0 spiro atoms. The van der Waals surface area contributed by atoms with Crippen molar-refractivity contribution in [1.82, 2.24) is 0 Å². The van der Waals surface area contributed by atoms with Gasteiger partial charge < -0.3 is 10.1 Å². The van der Waals surface area contributed by atoms with Gasteiger partial charge in [-0.1, -0.05) is 0 Å². The van der Waals surface area contributed by atoms with Crippen molar-refractivity contribution in [3.05, 3.63) is 58.1 Å². The molecule has 0 fully saturated rings. The van der Waals surface area contributed by atoms with Crippen molar-refractivity contribution >= 4 is 33.9 Å². The smallest absolute Gasteiger partial charge is 0.270 e. The number of nitrogens with one attached hydrogen (secondary N) is 1. The van der Waals surface area contributed by atoms with Gasteiger partial charge in [0.1, 0.15) is 5.75 Å². The lowest BCUT2D eigenvalue weighted by atomic mass is 10.1. The molecular formula is C14H11ClN2O4. The Morgan fingerprint density at radius 1 is 1.24 bits per heavy atom. The van der Waals surface area contributed by atoms with Crippen molar-refractivity contribution in [3.63, 3.8) is 0 Å². The van der Waals surface area contributed by atoms with Crippen LogP contribution < -0.4 is 10.1 Å². The van der Waals surface area contributed by atoms with Crippen molar-refractivity contribution < 1.29 is 14.5 Å². The monoisotopic (exact) mass is 306 g/mol. The van der Waals surface area contributed by atoms with Crippen LogP contribution >= 0.6 is 11.6 Å². The zero-order valence-electron chi connectivity index (χ0n) is 11.0. The maximum atomic E-state index is 11.4. The van der Waals surface area contributed by atoms with Gasteiger partial charge in [0, 0.05) is 17.8 Å². The molecule has 0 aliphatic rings. The molecule has 0 atom stereocenters. The molecule has 0 saturated carbocycles. The van der Waals surface area contributed by atoms with E-state index in [-0.39, 0.29) is 11.3 Å². The summed E-state index contributed by atoms with van der Waals surface area (Å²) in [7, 11) is 1.56. The third-order valence-electron chi connectivity index (χ3n) is 2.79. The van der Waals surface area contributed by atoms with Gasteiger partial charge >= 0.3 is 0 Å². The Hall–Kier alpha value is -2.60. The van der Waals surface area contributed by atoms with E-state index in [1.54, 1.807) is 31.4 Å². The normalized spacial score (nSPS) is 10.0. The fourth-order valence-electron chi connectivity index (χ4n) is 1.75. The van der Waals surface area contributed by atoms with Crippen LogP contribution in [0, 0.1) is 10.1 Å². The molecule has 108 valence electrons. The Labute approximate surface area is 125 Å². The van der Waals surface area contributed by atoms with Crippen molar-refractivity contribution in [3.8, 4) is 5.75 Å². The number of rotatable bonds is 5. The van der Waals surface area contributed by atoms with Crippen LogP contribution in [0.25, 0.3) is 0 Å². The lowest BCUT2D eigenvalue weighted by molar-refractivity contribution is -0.384. The number of nitro groups is 1. The largest absolute Gasteiger partial charge is 0.497 e. The number of benzene rings is 2. The second kappa shape index (κ2) is 6.23. The number of carbonyl (C=O) groups excluding carboxylic acids is 1. The van der Waals surface area contributed by atoms with Crippen LogP contribution in [0.1, 0.15) is 10.4 Å². The predicted molar refractivity (Wildman–Crippen MR) is 79.6 cm³/mol. The Balaban J connectivity index is 2.34. The topological polar surface area (TPSA) is 81.5 Å². The van der Waals surface area contributed by atoms with E-state index in [1.807, 2.05) is 0 Å². The number of halogens is 1. The third kappa shape index (κ3) is 3.49. The molecule has 21 heavy (non-hydrogen) atoms. The van der Waals surface area contributed by atoms with E-state index in [9.17, 15) is 14.9 Å². The Morgan fingerprint density at radius 3 is 2.43 bits per heavy atom. The molecule has 0 aliphatic carbocycles. The molecule has 2 aromatic rings. The third-order valence-corrected chi connectivity index (χ3v) is 3.00. The van der Waals surface area contributed by atoms with E-state index in [0.717, 1.165) is 6.07 Å². The van der Waals surface area contributed by atoms with Gasteiger partial charge in [-0.2, -0.15) is 0 Å². The first-order valence-electron chi connectivity index (χ1n) is 5.90. The van der Waals surface area contributed by atoms with Crippen LogP contribution in [-0.2, 0) is 0 Å². The van der Waals surface area contributed by atoms with Crippen LogP contribution in [0.2, 0.25) is 0 Å². The summed E-state index contributed by atoms with van der Waals surface area (Å²) in [6, 6.07) is 10.9. The number of methoxy groups -OCH3 is 1. The highest BCUT2D eigenvalue weighted by Gasteiger charge is 2.15. The number of ether oxygens (including phenoxy) is 1. The molecule has 0 radical (unpaired) electrons. The quantitative estimate of drug-likeness (QED) is 0.517. The molecule has 0 heterocycles. The summed E-state index contributed by atoms with van der Waals surface area (Å²) >= 11 is 5.48. The number of anilines is 2. The standard InChI is InChI=1S/C14H11ClN2O4/c1-21-11-5-2-9(3-6-11)16-13-7-4-10(17(19)20)8-12(13)14(15)18/h2-8,16H,1H3. The van der Waals surface area contributed by atoms with Crippen LogP contribution in [-0.4, -0.2) is 17.3 Å². The number of nitrogens with zero attached hydrogens (tertiary/aromatic N) is 1. The summed E-state index contributed by atoms with van der Waals surface area (Å²) in [5.74, 6) is 0.692. The number of hydrogen-bond acceptors (Lipinski definition) is 5. The highest BCUT2D eigenvalue weighted by molar-refractivity contribution is 6.68. The molecule has 0 amide bonds. The summed E-state index contributed by atoms with van der Waals surface area (Å²) in [5, 5.41) is 13.0. The number of carbonyl (C=O) groups is 1. The van der Waals surface area contributed by atoms with E-state index in [0.29, 0.717) is 17.1 Å². The van der Waals surface area contributed by atoms with E-state index < -0.39 is 10.2 Å². The lowest BCUT2D eigenvalue weighted by Crippen LogP contribution is -2.00. The number of non-ortho nitro benzene ring substituents is 1. The summed E-state index contributed by atoms with van der Waals surface area (Å²) in [6.45, 7) is 0. The second-order valence-corrected chi connectivity index (χ2v) is 4.46. The highest BCUT2D eigenvalue weighted by Crippen LogP contribution is 2.27. The van der Waals surface area contributed by atoms with Gasteiger partial charge in [-0.25, -0.2) is 0 Å². The minimum atomic E-state index is -0.769. The Kier molecular flexibility index (Phi) is 4.39. The van der Waals surface area contributed by atoms with Crippen molar-refractivity contribution in [2.24, 2.45) is 0 Å². The fourth-order valence-corrected chi connectivity index (χ4v) is 1.90. The molecule has 6 nitrogen and oxygen atoms in total. The second-order valence-electron chi connectivity index (χ2n) is 4.11. The van der Waals surface area contributed by atoms with Crippen molar-refractivity contribution in [2.45, 2.75) is 0 Å². The molecule has 0 bridgehead atoms. The van der Waals surface area contributed by atoms with Gasteiger partial charge in [-0.05, 0) is 41.9 Å². The summed E-state index contributed by atoms with van der Waals surface area (Å²) in [5.41, 5.74) is 0.940. The molecule has 0 aromatic heterocycles. The van der Waals surface area contributed by atoms with Gasteiger partial charge in [0.15, 0.2) is 0 Å². The molecule has 2 aromatic carbocycles. The molecule has 0 saturated heterocycles. The zero-order valence-corrected chi connectivity index (χ0v) is 11.8. The molecule has 1 N–H and O–H groups in total. The van der Waals surface area contributed by atoms with Crippen LogP contribution in [0.4, 0.5) is 17.1 Å². The maximum absolute atomic E-state index is 11.4. The van der Waals surface area contributed by atoms with Gasteiger partial charge in [0.2, 0.25) is 0 Å². The number of nitro benzene ring substituents is 1. The Bertz CT molecular complexity index is 686. The molecular weight excluding hydrogens is 296 g/mol. The van der Waals surface area contributed by atoms with E-state index in [1.165, 1.54) is 12.1 Å². The zero-order chi connectivity index (χ0) is 15.4. The molecule has 7 heteroatoms. The summed E-state index contributed by atoms with van der Waals surface area (Å²) in [4.78, 5) is 21.6. The molecule has 0 aliphatic heterocycles. The van der Waals surface area contributed by atoms with Gasteiger partial charge in [0.05, 0.1) is 23.3 Å². The summed E-state index contributed by atoms with van der Waals surface area (Å²) < 4.78 is 5.05. The van der Waals surface area contributed by atoms with Crippen LogP contribution in [0.5, 0.6) is 5.75 Å². The van der Waals surface area contributed by atoms with Crippen molar-refractivity contribution in [1.29, 1.82) is 0 Å². The number of hydrogen-bond donors (Lipinski definition) is 1. The first-order valence-corrected chi connectivity index (χ1v) is 6.28. The van der Waals surface area contributed by atoms with Crippen LogP contribution in [0.3, 0.4) is 0 Å². The fraction of sp³-hybridized carbons (Fsp3) is 0.0714.